The highest BCUT2D eigenvalue weighted by molar-refractivity contribution is 5.83. The molecule has 5 heteroatoms. The molecule has 1 aromatic heterocycles. The molecule has 116 valence electrons. The van der Waals surface area contributed by atoms with E-state index in [0.717, 1.165) is 11.4 Å². The van der Waals surface area contributed by atoms with Crippen molar-refractivity contribution in [2.75, 3.05) is 17.3 Å². The lowest BCUT2D eigenvalue weighted by atomic mass is 10.2. The van der Waals surface area contributed by atoms with Gasteiger partial charge >= 0.3 is 6.09 Å². The lowest BCUT2D eigenvalue weighted by molar-refractivity contribution is 0.0635. The first-order valence-electron chi connectivity index (χ1n) is 7.10. The Morgan fingerprint density at radius 2 is 1.77 bits per heavy atom. The number of hydrogen-bond acceptors (Lipinski definition) is 4. The van der Waals surface area contributed by atoms with Crippen molar-refractivity contribution in [3.8, 4) is 0 Å². The average Bonchev–Trinajstić information content (AvgIpc) is 2.46. The summed E-state index contributed by atoms with van der Waals surface area (Å²) in [5.41, 5.74) is 1.47. The van der Waals surface area contributed by atoms with E-state index in [1.165, 1.54) is 0 Å². The van der Waals surface area contributed by atoms with Crippen molar-refractivity contribution >= 4 is 23.3 Å². The predicted molar refractivity (Wildman–Crippen MR) is 88.6 cm³/mol. The van der Waals surface area contributed by atoms with Gasteiger partial charge < -0.3 is 9.64 Å². The van der Waals surface area contributed by atoms with Crippen molar-refractivity contribution in [2.24, 2.45) is 0 Å². The Labute approximate surface area is 130 Å². The summed E-state index contributed by atoms with van der Waals surface area (Å²) in [4.78, 5) is 17.9. The fraction of sp³-hybridized carbons (Fsp3) is 0.294. The highest BCUT2D eigenvalue weighted by Crippen LogP contribution is 2.23. The molecular formula is C17H21N3O2. The Bertz CT molecular complexity index is 619. The molecule has 0 bridgehead atoms. The molecule has 0 aliphatic carbocycles. The van der Waals surface area contributed by atoms with Crippen molar-refractivity contribution in [1.29, 1.82) is 0 Å². The van der Waals surface area contributed by atoms with E-state index in [2.05, 4.69) is 10.3 Å². The summed E-state index contributed by atoms with van der Waals surface area (Å²) in [6.45, 7) is 5.45. The van der Waals surface area contributed by atoms with Crippen LogP contribution in [0.2, 0.25) is 0 Å². The summed E-state index contributed by atoms with van der Waals surface area (Å²) in [7, 11) is 1.97. The summed E-state index contributed by atoms with van der Waals surface area (Å²) < 4.78 is 5.19. The van der Waals surface area contributed by atoms with Crippen LogP contribution in [0.15, 0.2) is 48.7 Å². The molecule has 0 aliphatic rings. The number of amides is 1. The van der Waals surface area contributed by atoms with Gasteiger partial charge in [0.2, 0.25) is 0 Å². The molecule has 0 aliphatic heterocycles. The largest absolute Gasteiger partial charge is 0.444 e. The number of para-hydroxylation sites is 1. The molecule has 0 fully saturated rings. The molecule has 1 amide bonds. The summed E-state index contributed by atoms with van der Waals surface area (Å²) in [5, 5.41) is 2.61. The van der Waals surface area contributed by atoms with Crippen LogP contribution >= 0.6 is 0 Å². The van der Waals surface area contributed by atoms with E-state index in [4.69, 9.17) is 4.74 Å². The van der Waals surface area contributed by atoms with E-state index in [-0.39, 0.29) is 0 Å². The van der Waals surface area contributed by atoms with Gasteiger partial charge in [-0.3, -0.25) is 5.32 Å². The number of hydrogen-bond donors (Lipinski definition) is 1. The van der Waals surface area contributed by atoms with E-state index in [9.17, 15) is 4.79 Å². The van der Waals surface area contributed by atoms with E-state index in [0.29, 0.717) is 5.82 Å². The Kier molecular flexibility index (Phi) is 4.65. The van der Waals surface area contributed by atoms with E-state index < -0.39 is 11.7 Å². The molecule has 0 radical (unpaired) electrons. The second-order valence-electron chi connectivity index (χ2n) is 5.92. The molecule has 1 aromatic carbocycles. The lowest BCUT2D eigenvalue weighted by Gasteiger charge is -2.20. The molecule has 0 atom stereocenters. The van der Waals surface area contributed by atoms with Gasteiger partial charge in [-0.2, -0.15) is 0 Å². The number of nitrogens with zero attached hydrogens (tertiary/aromatic N) is 2. The maximum Gasteiger partial charge on any atom is 0.413 e. The fourth-order valence-electron chi connectivity index (χ4n) is 1.87. The Morgan fingerprint density at radius 1 is 1.09 bits per heavy atom. The van der Waals surface area contributed by atoms with Crippen molar-refractivity contribution in [3.05, 3.63) is 48.7 Å². The zero-order chi connectivity index (χ0) is 16.2. The molecule has 22 heavy (non-hydrogen) atoms. The topological polar surface area (TPSA) is 54.5 Å². The summed E-state index contributed by atoms with van der Waals surface area (Å²) >= 11 is 0. The summed E-state index contributed by atoms with van der Waals surface area (Å²) in [6, 6.07) is 13.6. The maximum absolute atomic E-state index is 11.7. The number of nitrogens with one attached hydrogen (secondary N) is 1. The van der Waals surface area contributed by atoms with Crippen LogP contribution in [-0.2, 0) is 4.74 Å². The highest BCUT2D eigenvalue weighted by Gasteiger charge is 2.16. The number of carbonyl (C=O) groups excluding carboxylic acids is 1. The van der Waals surface area contributed by atoms with Crippen LogP contribution < -0.4 is 10.2 Å². The van der Waals surface area contributed by atoms with Gasteiger partial charge in [-0.1, -0.05) is 18.2 Å². The number of benzene rings is 1. The van der Waals surface area contributed by atoms with Crippen LogP contribution in [0.1, 0.15) is 20.8 Å². The number of pyridine rings is 1. The molecule has 0 spiro atoms. The summed E-state index contributed by atoms with van der Waals surface area (Å²) in [5.74, 6) is 0.458. The number of ether oxygens (including phenoxy) is 1. The Morgan fingerprint density at radius 3 is 2.32 bits per heavy atom. The molecule has 1 N–H and O–H groups in total. The Hall–Kier alpha value is -2.56. The Balaban J connectivity index is 2.03. The first-order valence-corrected chi connectivity index (χ1v) is 7.10. The average molecular weight is 299 g/mol. The fourth-order valence-corrected chi connectivity index (χ4v) is 1.87. The van der Waals surface area contributed by atoms with Gasteiger partial charge in [0, 0.05) is 12.7 Å². The molecular weight excluding hydrogens is 278 g/mol. The first-order chi connectivity index (χ1) is 10.3. The predicted octanol–water partition coefficient (Wildman–Crippen LogP) is 4.20. The van der Waals surface area contributed by atoms with Crippen LogP contribution in [0.5, 0.6) is 0 Å². The van der Waals surface area contributed by atoms with Gasteiger partial charge in [-0.05, 0) is 45.0 Å². The van der Waals surface area contributed by atoms with Crippen LogP contribution in [0.3, 0.4) is 0 Å². The zero-order valence-corrected chi connectivity index (χ0v) is 13.3. The minimum atomic E-state index is -0.530. The molecule has 0 saturated heterocycles. The van der Waals surface area contributed by atoms with Crippen LogP contribution in [0, 0.1) is 0 Å². The molecule has 2 aromatic rings. The number of carbonyl (C=O) groups is 1. The SMILES string of the molecule is CN(c1ccccc1)c1ccc(NC(=O)OC(C)(C)C)nc1. The van der Waals surface area contributed by atoms with Gasteiger partial charge in [-0.25, -0.2) is 9.78 Å². The monoisotopic (exact) mass is 299 g/mol. The highest BCUT2D eigenvalue weighted by atomic mass is 16.6. The van der Waals surface area contributed by atoms with Crippen LogP contribution in [0.25, 0.3) is 0 Å². The number of anilines is 3. The normalized spacial score (nSPS) is 10.9. The minimum Gasteiger partial charge on any atom is -0.444 e. The van der Waals surface area contributed by atoms with Gasteiger partial charge in [-0.15, -0.1) is 0 Å². The first kappa shape index (κ1) is 15.8. The lowest BCUT2D eigenvalue weighted by Crippen LogP contribution is -2.27. The molecule has 0 saturated carbocycles. The van der Waals surface area contributed by atoms with Crippen LogP contribution in [0.4, 0.5) is 22.0 Å². The van der Waals surface area contributed by atoms with Gasteiger partial charge in [0.05, 0.1) is 11.9 Å². The zero-order valence-electron chi connectivity index (χ0n) is 13.3. The summed E-state index contributed by atoms with van der Waals surface area (Å²) in [6.07, 6.45) is 1.20. The van der Waals surface area contributed by atoms with Crippen molar-refractivity contribution in [2.45, 2.75) is 26.4 Å². The molecule has 2 rings (SSSR count). The van der Waals surface area contributed by atoms with Crippen LogP contribution in [-0.4, -0.2) is 23.7 Å². The van der Waals surface area contributed by atoms with Gasteiger partial charge in [0.1, 0.15) is 11.4 Å². The van der Waals surface area contributed by atoms with E-state index in [1.54, 1.807) is 12.3 Å². The third kappa shape index (κ3) is 4.48. The third-order valence-corrected chi connectivity index (χ3v) is 2.91. The van der Waals surface area contributed by atoms with Gasteiger partial charge in [0.25, 0.3) is 0 Å². The van der Waals surface area contributed by atoms with Crippen molar-refractivity contribution in [3.63, 3.8) is 0 Å². The minimum absolute atomic E-state index is 0.458. The second-order valence-corrected chi connectivity index (χ2v) is 5.92. The van der Waals surface area contributed by atoms with Gasteiger partial charge in [0.15, 0.2) is 0 Å². The smallest absolute Gasteiger partial charge is 0.413 e. The standard InChI is InChI=1S/C17H21N3O2/c1-17(2,3)22-16(21)19-15-11-10-14(12-18-15)20(4)13-8-6-5-7-9-13/h5-12H,1-4H3,(H,18,19,21). The van der Waals surface area contributed by atoms with E-state index in [1.807, 2.05) is 69.1 Å². The molecule has 5 nitrogen and oxygen atoms in total. The molecule has 0 unspecified atom stereocenters. The van der Waals surface area contributed by atoms with Crippen molar-refractivity contribution in [1.82, 2.24) is 4.98 Å². The van der Waals surface area contributed by atoms with Crippen molar-refractivity contribution < 1.29 is 9.53 Å². The quantitative estimate of drug-likeness (QED) is 0.923. The maximum atomic E-state index is 11.7. The molecule has 1 heterocycles. The number of aromatic nitrogens is 1. The second kappa shape index (κ2) is 6.47. The third-order valence-electron chi connectivity index (χ3n) is 2.91. The van der Waals surface area contributed by atoms with E-state index >= 15 is 0 Å². The number of rotatable bonds is 3.